The smallest absolute Gasteiger partial charge is 0.337 e. The van der Waals surface area contributed by atoms with E-state index >= 15 is 0 Å². The maximum Gasteiger partial charge on any atom is 0.337 e. The zero-order valence-electron chi connectivity index (χ0n) is 12.5. The Hall–Kier alpha value is -2.73. The van der Waals surface area contributed by atoms with E-state index in [0.29, 0.717) is 27.5 Å². The van der Waals surface area contributed by atoms with Crippen LogP contribution in [0.5, 0.6) is 0 Å². The van der Waals surface area contributed by atoms with Crippen molar-refractivity contribution in [3.63, 3.8) is 0 Å². The SMILES string of the molecule is COC(=O)c1ccc(Nc2c(C(=O)O)ccc(Cl)c2C)c(N)c1. The van der Waals surface area contributed by atoms with Crippen LogP contribution in [0.4, 0.5) is 17.1 Å². The van der Waals surface area contributed by atoms with Crippen molar-refractivity contribution in [1.82, 2.24) is 0 Å². The number of benzene rings is 2. The Labute approximate surface area is 137 Å². The summed E-state index contributed by atoms with van der Waals surface area (Å²) in [7, 11) is 1.28. The highest BCUT2D eigenvalue weighted by molar-refractivity contribution is 6.32. The monoisotopic (exact) mass is 334 g/mol. The van der Waals surface area contributed by atoms with Crippen LogP contribution in [-0.2, 0) is 4.74 Å². The third kappa shape index (κ3) is 3.37. The van der Waals surface area contributed by atoms with Gasteiger partial charge in [0.1, 0.15) is 0 Å². The van der Waals surface area contributed by atoms with Gasteiger partial charge in [-0.3, -0.25) is 0 Å². The Bertz CT molecular complexity index is 790. The molecule has 0 fully saturated rings. The molecule has 23 heavy (non-hydrogen) atoms. The summed E-state index contributed by atoms with van der Waals surface area (Å²) in [4.78, 5) is 22.9. The second kappa shape index (κ2) is 6.58. The molecule has 0 saturated heterocycles. The lowest BCUT2D eigenvalue weighted by atomic mass is 10.1. The average molecular weight is 335 g/mol. The second-order valence-electron chi connectivity index (χ2n) is 4.82. The van der Waals surface area contributed by atoms with Crippen molar-refractivity contribution in [2.75, 3.05) is 18.2 Å². The van der Waals surface area contributed by atoms with Gasteiger partial charge in [0.2, 0.25) is 0 Å². The number of nitrogens with two attached hydrogens (primary N) is 1. The van der Waals surface area contributed by atoms with Crippen LogP contribution in [0.25, 0.3) is 0 Å². The highest BCUT2D eigenvalue weighted by Gasteiger charge is 2.16. The van der Waals surface area contributed by atoms with E-state index in [1.54, 1.807) is 13.0 Å². The molecule has 0 amide bonds. The molecule has 0 atom stereocenters. The summed E-state index contributed by atoms with van der Waals surface area (Å²) >= 11 is 6.06. The van der Waals surface area contributed by atoms with E-state index in [1.807, 2.05) is 0 Å². The molecule has 0 unspecified atom stereocenters. The number of carbonyl (C=O) groups is 2. The Kier molecular flexibility index (Phi) is 4.76. The van der Waals surface area contributed by atoms with E-state index in [1.165, 1.54) is 31.4 Å². The molecule has 2 rings (SSSR count). The van der Waals surface area contributed by atoms with Crippen molar-refractivity contribution >= 4 is 40.6 Å². The summed E-state index contributed by atoms with van der Waals surface area (Å²) in [6.07, 6.45) is 0. The Morgan fingerprint density at radius 3 is 2.52 bits per heavy atom. The number of esters is 1. The lowest BCUT2D eigenvalue weighted by molar-refractivity contribution is 0.0600. The van der Waals surface area contributed by atoms with Crippen LogP contribution in [0.15, 0.2) is 30.3 Å². The predicted molar refractivity (Wildman–Crippen MR) is 88.6 cm³/mol. The highest BCUT2D eigenvalue weighted by atomic mass is 35.5. The van der Waals surface area contributed by atoms with Gasteiger partial charge in [-0.25, -0.2) is 9.59 Å². The molecule has 6 nitrogen and oxygen atoms in total. The summed E-state index contributed by atoms with van der Waals surface area (Å²) in [6.45, 7) is 1.70. The summed E-state index contributed by atoms with van der Waals surface area (Å²) in [5.41, 5.74) is 7.98. The van der Waals surface area contributed by atoms with Crippen molar-refractivity contribution < 1.29 is 19.4 Å². The van der Waals surface area contributed by atoms with Gasteiger partial charge in [0.05, 0.1) is 35.3 Å². The van der Waals surface area contributed by atoms with E-state index < -0.39 is 11.9 Å². The standard InChI is InChI=1S/C16H15ClN2O4/c1-8-11(17)5-4-10(15(20)21)14(8)19-13-6-3-9(7-12(13)18)16(22)23-2/h3-7,19H,18H2,1-2H3,(H,20,21). The van der Waals surface area contributed by atoms with Gasteiger partial charge >= 0.3 is 11.9 Å². The first-order valence-electron chi connectivity index (χ1n) is 6.62. The fourth-order valence-corrected chi connectivity index (χ4v) is 2.24. The maximum atomic E-state index is 11.5. The van der Waals surface area contributed by atoms with Crippen molar-refractivity contribution in [3.8, 4) is 0 Å². The first-order chi connectivity index (χ1) is 10.8. The summed E-state index contributed by atoms with van der Waals surface area (Å²) in [5, 5.41) is 12.7. The number of methoxy groups -OCH3 is 1. The number of hydrogen-bond donors (Lipinski definition) is 3. The summed E-state index contributed by atoms with van der Waals surface area (Å²) in [6, 6.07) is 7.50. The molecule has 0 aromatic heterocycles. The number of ether oxygens (including phenoxy) is 1. The van der Waals surface area contributed by atoms with Crippen LogP contribution in [-0.4, -0.2) is 24.2 Å². The van der Waals surface area contributed by atoms with Gasteiger partial charge in [-0.05, 0) is 42.8 Å². The topological polar surface area (TPSA) is 102 Å². The van der Waals surface area contributed by atoms with Crippen LogP contribution in [0.2, 0.25) is 5.02 Å². The minimum atomic E-state index is -1.09. The molecule has 4 N–H and O–H groups in total. The number of aromatic carboxylic acids is 1. The molecule has 0 heterocycles. The molecule has 2 aromatic carbocycles. The molecule has 0 spiro atoms. The van der Waals surface area contributed by atoms with E-state index in [4.69, 9.17) is 17.3 Å². The number of nitrogens with one attached hydrogen (secondary N) is 1. The van der Waals surface area contributed by atoms with Crippen molar-refractivity contribution in [3.05, 3.63) is 52.0 Å². The van der Waals surface area contributed by atoms with Crippen LogP contribution >= 0.6 is 11.6 Å². The minimum Gasteiger partial charge on any atom is -0.478 e. The van der Waals surface area contributed by atoms with Crippen LogP contribution in [0, 0.1) is 6.92 Å². The number of anilines is 3. The average Bonchev–Trinajstić information content (AvgIpc) is 2.52. The lowest BCUT2D eigenvalue weighted by Gasteiger charge is -2.16. The Morgan fingerprint density at radius 2 is 1.96 bits per heavy atom. The van der Waals surface area contributed by atoms with E-state index in [2.05, 4.69) is 10.1 Å². The van der Waals surface area contributed by atoms with Crippen molar-refractivity contribution in [2.45, 2.75) is 6.92 Å². The number of nitrogen functional groups attached to an aromatic ring is 1. The fourth-order valence-electron chi connectivity index (χ4n) is 2.08. The van der Waals surface area contributed by atoms with Crippen LogP contribution < -0.4 is 11.1 Å². The molecule has 2 aromatic rings. The molecule has 7 heteroatoms. The first-order valence-corrected chi connectivity index (χ1v) is 7.00. The normalized spacial score (nSPS) is 10.2. The first kappa shape index (κ1) is 16.6. The lowest BCUT2D eigenvalue weighted by Crippen LogP contribution is -2.07. The Morgan fingerprint density at radius 1 is 1.26 bits per heavy atom. The molecule has 0 aliphatic heterocycles. The van der Waals surface area contributed by atoms with Crippen molar-refractivity contribution in [1.29, 1.82) is 0 Å². The van der Waals surface area contributed by atoms with Gasteiger partial charge in [0.15, 0.2) is 0 Å². The molecule has 0 radical (unpaired) electrons. The number of halogens is 1. The third-order valence-corrected chi connectivity index (χ3v) is 3.77. The largest absolute Gasteiger partial charge is 0.478 e. The number of carbonyl (C=O) groups excluding carboxylic acids is 1. The molecule has 120 valence electrons. The zero-order valence-corrected chi connectivity index (χ0v) is 13.3. The fraction of sp³-hybridized carbons (Fsp3) is 0.125. The zero-order chi connectivity index (χ0) is 17.1. The van der Waals surface area contributed by atoms with E-state index in [0.717, 1.165) is 0 Å². The molecular weight excluding hydrogens is 320 g/mol. The molecule has 0 aliphatic carbocycles. The second-order valence-corrected chi connectivity index (χ2v) is 5.23. The van der Waals surface area contributed by atoms with Gasteiger partial charge in [-0.2, -0.15) is 0 Å². The molecular formula is C16H15ClN2O4. The molecule has 0 saturated carbocycles. The highest BCUT2D eigenvalue weighted by Crippen LogP contribution is 2.32. The summed E-state index contributed by atoms with van der Waals surface area (Å²) < 4.78 is 4.62. The molecule has 0 bridgehead atoms. The third-order valence-electron chi connectivity index (χ3n) is 3.36. The van der Waals surface area contributed by atoms with Gasteiger partial charge in [0.25, 0.3) is 0 Å². The number of rotatable bonds is 4. The van der Waals surface area contributed by atoms with E-state index in [-0.39, 0.29) is 11.3 Å². The van der Waals surface area contributed by atoms with Crippen LogP contribution in [0.3, 0.4) is 0 Å². The van der Waals surface area contributed by atoms with Gasteiger partial charge < -0.3 is 20.9 Å². The van der Waals surface area contributed by atoms with E-state index in [9.17, 15) is 14.7 Å². The minimum absolute atomic E-state index is 0.0725. The quantitative estimate of drug-likeness (QED) is 0.584. The van der Waals surface area contributed by atoms with Gasteiger partial charge in [-0.1, -0.05) is 11.6 Å². The number of hydrogen-bond acceptors (Lipinski definition) is 5. The molecule has 0 aliphatic rings. The number of carboxylic acid groups (broad SMARTS) is 1. The van der Waals surface area contributed by atoms with Gasteiger partial charge in [-0.15, -0.1) is 0 Å². The van der Waals surface area contributed by atoms with Crippen molar-refractivity contribution in [2.24, 2.45) is 0 Å². The predicted octanol–water partition coefficient (Wildman–Crippen LogP) is 3.46. The summed E-state index contributed by atoms with van der Waals surface area (Å²) in [5.74, 6) is -1.59. The maximum absolute atomic E-state index is 11.5. The van der Waals surface area contributed by atoms with Crippen LogP contribution in [0.1, 0.15) is 26.3 Å². The number of carboxylic acids is 1. The Balaban J connectivity index is 2.46. The van der Waals surface area contributed by atoms with Gasteiger partial charge in [0, 0.05) is 5.02 Å².